The molecule has 6 aromatic rings. The van der Waals surface area contributed by atoms with Crippen LogP contribution >= 0.6 is 23.5 Å². The third-order valence-electron chi connectivity index (χ3n) is 10.3. The highest BCUT2D eigenvalue weighted by atomic mass is 32.2. The fourth-order valence-electron chi connectivity index (χ4n) is 7.60. The van der Waals surface area contributed by atoms with Crippen LogP contribution in [0, 0.1) is 0 Å². The van der Waals surface area contributed by atoms with E-state index in [0.29, 0.717) is 0 Å². The zero-order valence-electron chi connectivity index (χ0n) is 28.6. The van der Waals surface area contributed by atoms with Gasteiger partial charge in [0.05, 0.1) is 0 Å². The normalized spacial score (nSPS) is 14.7. The largest absolute Gasteiger partial charge is 0.339 e. The minimum atomic E-state index is -0.102. The van der Waals surface area contributed by atoms with Gasteiger partial charge in [0.25, 0.3) is 0 Å². The molecule has 1 nitrogen and oxygen atoms in total. The molecule has 0 fully saturated rings. The number of rotatable bonds is 8. The summed E-state index contributed by atoms with van der Waals surface area (Å²) in [6, 6.07) is 51.9. The van der Waals surface area contributed by atoms with Gasteiger partial charge in [-0.1, -0.05) is 134 Å². The Bertz CT molecular complexity index is 2160. The minimum Gasteiger partial charge on any atom is -0.339 e. The van der Waals surface area contributed by atoms with Crippen molar-refractivity contribution >= 4 is 40.5 Å². The monoisotopic (exact) mass is 671 g/mol. The second-order valence-corrected chi connectivity index (χ2v) is 15.9. The lowest BCUT2D eigenvalue weighted by Gasteiger charge is -2.33. The molecule has 2 aliphatic rings. The van der Waals surface area contributed by atoms with Crippen LogP contribution < -0.4 is 4.90 Å². The van der Waals surface area contributed by atoms with E-state index in [2.05, 4.69) is 178 Å². The standard InChI is InChI=1S/C46H41NS2/c1-5-32(33-14-8-6-9-15-33)21-20-31(2)47(36-24-22-35(23-25-36)34-16-10-7-11-17-34)37-26-27-38-39-29-44-45(30-41(39)46(3,4)40(38)28-37)49-43-19-13-12-18-42(43)48-44/h5-19,22-31H,20-21H2,1-4H3/b32-5+. The molecule has 3 heteroatoms. The highest BCUT2D eigenvalue weighted by molar-refractivity contribution is 8.05. The predicted molar refractivity (Wildman–Crippen MR) is 211 cm³/mol. The van der Waals surface area contributed by atoms with E-state index in [1.165, 1.54) is 75.5 Å². The molecule has 0 radical (unpaired) electrons. The van der Waals surface area contributed by atoms with Crippen LogP contribution in [0.1, 0.15) is 57.2 Å². The highest BCUT2D eigenvalue weighted by Gasteiger charge is 2.38. The molecule has 0 bridgehead atoms. The molecule has 242 valence electrons. The average Bonchev–Trinajstić information content (AvgIpc) is 3.35. The van der Waals surface area contributed by atoms with Gasteiger partial charge in [-0.05, 0) is 120 Å². The second kappa shape index (κ2) is 13.1. The highest BCUT2D eigenvalue weighted by Crippen LogP contribution is 2.56. The molecule has 0 saturated heterocycles. The van der Waals surface area contributed by atoms with Gasteiger partial charge >= 0.3 is 0 Å². The van der Waals surface area contributed by atoms with Crippen molar-refractivity contribution in [1.29, 1.82) is 0 Å². The van der Waals surface area contributed by atoms with Gasteiger partial charge in [0.15, 0.2) is 0 Å². The number of hydrogen-bond acceptors (Lipinski definition) is 3. The third-order valence-corrected chi connectivity index (χ3v) is 12.8. The summed E-state index contributed by atoms with van der Waals surface area (Å²) >= 11 is 3.82. The maximum atomic E-state index is 2.57. The number of nitrogens with zero attached hydrogens (tertiary/aromatic N) is 1. The fourth-order valence-corrected chi connectivity index (χ4v) is 9.88. The van der Waals surface area contributed by atoms with E-state index in [1.54, 1.807) is 0 Å². The molecule has 1 atom stereocenters. The van der Waals surface area contributed by atoms with Crippen molar-refractivity contribution in [2.24, 2.45) is 0 Å². The Kier molecular flexibility index (Phi) is 8.51. The summed E-state index contributed by atoms with van der Waals surface area (Å²) in [5, 5.41) is 0. The Morgan fingerprint density at radius 3 is 1.86 bits per heavy atom. The second-order valence-electron chi connectivity index (χ2n) is 13.7. The molecule has 8 rings (SSSR count). The Morgan fingerprint density at radius 1 is 0.612 bits per heavy atom. The van der Waals surface area contributed by atoms with Crippen LogP contribution in [0.2, 0.25) is 0 Å². The topological polar surface area (TPSA) is 3.24 Å². The van der Waals surface area contributed by atoms with Crippen LogP contribution in [-0.2, 0) is 5.41 Å². The van der Waals surface area contributed by atoms with E-state index in [0.717, 1.165) is 12.8 Å². The van der Waals surface area contributed by atoms with Crippen LogP contribution in [0.3, 0.4) is 0 Å². The van der Waals surface area contributed by atoms with E-state index < -0.39 is 0 Å². The number of fused-ring (bicyclic) bond motifs is 5. The molecule has 1 unspecified atom stereocenters. The van der Waals surface area contributed by atoms with E-state index in [-0.39, 0.29) is 11.5 Å². The van der Waals surface area contributed by atoms with Crippen LogP contribution in [0.25, 0.3) is 27.8 Å². The van der Waals surface area contributed by atoms with Crippen LogP contribution in [0.4, 0.5) is 11.4 Å². The van der Waals surface area contributed by atoms with Crippen molar-refractivity contribution in [3.05, 3.63) is 162 Å². The summed E-state index contributed by atoms with van der Waals surface area (Å²) in [6.45, 7) is 9.36. The van der Waals surface area contributed by atoms with Crippen molar-refractivity contribution in [2.75, 3.05) is 4.90 Å². The smallest absolute Gasteiger partial charge is 0.0416 e. The number of hydrogen-bond donors (Lipinski definition) is 0. The Hall–Kier alpha value is -4.44. The first-order chi connectivity index (χ1) is 23.9. The van der Waals surface area contributed by atoms with Gasteiger partial charge in [-0.2, -0.15) is 0 Å². The van der Waals surface area contributed by atoms with E-state index in [4.69, 9.17) is 0 Å². The first-order valence-corrected chi connectivity index (χ1v) is 19.0. The summed E-state index contributed by atoms with van der Waals surface area (Å²) < 4.78 is 0. The minimum absolute atomic E-state index is 0.102. The molecule has 6 aromatic carbocycles. The lowest BCUT2D eigenvalue weighted by Crippen LogP contribution is -2.29. The van der Waals surface area contributed by atoms with Gasteiger partial charge < -0.3 is 4.90 Å². The molecule has 1 heterocycles. The molecular weight excluding hydrogens is 631 g/mol. The van der Waals surface area contributed by atoms with Gasteiger partial charge in [-0.25, -0.2) is 0 Å². The zero-order chi connectivity index (χ0) is 33.5. The van der Waals surface area contributed by atoms with Gasteiger partial charge in [0.1, 0.15) is 0 Å². The van der Waals surface area contributed by atoms with Crippen LogP contribution in [0.15, 0.2) is 165 Å². The molecule has 1 aliphatic carbocycles. The predicted octanol–water partition coefficient (Wildman–Crippen LogP) is 13.7. The first kappa shape index (κ1) is 31.8. The van der Waals surface area contributed by atoms with Crippen molar-refractivity contribution in [3.8, 4) is 22.3 Å². The maximum Gasteiger partial charge on any atom is 0.0416 e. The van der Waals surface area contributed by atoms with Gasteiger partial charge in [0, 0.05) is 42.4 Å². The Balaban J connectivity index is 1.16. The van der Waals surface area contributed by atoms with Crippen molar-refractivity contribution < 1.29 is 0 Å². The number of allylic oxidation sites excluding steroid dienone is 2. The van der Waals surface area contributed by atoms with Crippen molar-refractivity contribution in [3.63, 3.8) is 0 Å². The van der Waals surface area contributed by atoms with Crippen molar-refractivity contribution in [1.82, 2.24) is 0 Å². The summed E-state index contributed by atoms with van der Waals surface area (Å²) in [5.74, 6) is 0. The van der Waals surface area contributed by atoms with Gasteiger partial charge in [0.2, 0.25) is 0 Å². The van der Waals surface area contributed by atoms with Gasteiger partial charge in [-0.3, -0.25) is 0 Å². The van der Waals surface area contributed by atoms with Crippen LogP contribution in [0.5, 0.6) is 0 Å². The molecule has 0 aromatic heterocycles. The molecular formula is C46H41NS2. The molecule has 0 spiro atoms. The Labute approximate surface area is 300 Å². The average molecular weight is 672 g/mol. The molecule has 0 amide bonds. The van der Waals surface area contributed by atoms with Gasteiger partial charge in [-0.15, -0.1) is 0 Å². The molecule has 1 aliphatic heterocycles. The third kappa shape index (κ3) is 5.94. The SMILES string of the molecule is C/C=C(\CCC(C)N(c1ccc(-c2ccccc2)cc1)c1ccc2c(c1)C(C)(C)c1cc3c(cc1-2)Sc1ccccc1S3)c1ccccc1. The molecule has 0 N–H and O–H groups in total. The molecule has 0 saturated carbocycles. The lowest BCUT2D eigenvalue weighted by molar-refractivity contribution is 0.648. The quantitative estimate of drug-likeness (QED) is 0.158. The zero-order valence-corrected chi connectivity index (χ0v) is 30.2. The summed E-state index contributed by atoms with van der Waals surface area (Å²) in [6.07, 6.45) is 4.34. The number of benzene rings is 6. The maximum absolute atomic E-state index is 2.57. The number of anilines is 2. The summed E-state index contributed by atoms with van der Waals surface area (Å²) in [7, 11) is 0. The lowest BCUT2D eigenvalue weighted by atomic mass is 9.82. The summed E-state index contributed by atoms with van der Waals surface area (Å²) in [4.78, 5) is 8.01. The Morgan fingerprint density at radius 2 is 1.18 bits per heavy atom. The molecule has 49 heavy (non-hydrogen) atoms. The van der Waals surface area contributed by atoms with E-state index in [9.17, 15) is 0 Å². The van der Waals surface area contributed by atoms with E-state index in [1.807, 2.05) is 23.5 Å². The first-order valence-electron chi connectivity index (χ1n) is 17.3. The van der Waals surface area contributed by atoms with Crippen molar-refractivity contribution in [2.45, 2.75) is 71.6 Å². The fraction of sp³-hybridized carbons (Fsp3) is 0.174. The van der Waals surface area contributed by atoms with E-state index >= 15 is 0 Å². The van der Waals surface area contributed by atoms with Crippen LogP contribution in [-0.4, -0.2) is 6.04 Å². The summed E-state index contributed by atoms with van der Waals surface area (Å²) in [5.41, 5.74) is 13.2.